The number of alkyl halides is 3. The normalized spacial score (nSPS) is 29.0. The number of hydrogen-bond acceptors (Lipinski definition) is 3. The van der Waals surface area contributed by atoms with E-state index in [1.165, 1.54) is 12.1 Å². The van der Waals surface area contributed by atoms with Gasteiger partial charge in [-0.2, -0.15) is 13.2 Å². The summed E-state index contributed by atoms with van der Waals surface area (Å²) in [5.41, 5.74) is -0.191. The van der Waals surface area contributed by atoms with E-state index in [2.05, 4.69) is 10.2 Å². The third-order valence-corrected chi connectivity index (χ3v) is 6.97. The van der Waals surface area contributed by atoms with Gasteiger partial charge >= 0.3 is 12.3 Å². The first-order valence-electron chi connectivity index (χ1n) is 10.7. The van der Waals surface area contributed by atoms with Crippen molar-refractivity contribution in [1.82, 2.24) is 10.2 Å². The first kappa shape index (κ1) is 21.0. The van der Waals surface area contributed by atoms with Crippen LogP contribution < -0.4 is 5.32 Å². The molecule has 8 heteroatoms. The van der Waals surface area contributed by atoms with Crippen LogP contribution in [0.3, 0.4) is 0 Å². The Labute approximate surface area is 173 Å². The second kappa shape index (κ2) is 8.12. The van der Waals surface area contributed by atoms with Gasteiger partial charge in [0.2, 0.25) is 5.91 Å². The molecule has 0 bridgehead atoms. The van der Waals surface area contributed by atoms with Crippen LogP contribution in [0.4, 0.5) is 18.0 Å². The molecule has 1 aliphatic carbocycles. The number of ether oxygens (including phenoxy) is 1. The van der Waals surface area contributed by atoms with Crippen LogP contribution in [0.1, 0.15) is 62.5 Å². The second-order valence-corrected chi connectivity index (χ2v) is 8.69. The number of rotatable bonds is 3. The van der Waals surface area contributed by atoms with Crippen molar-refractivity contribution in [2.24, 2.45) is 5.92 Å². The Morgan fingerprint density at radius 1 is 1.17 bits per heavy atom. The summed E-state index contributed by atoms with van der Waals surface area (Å²) in [5.74, 6) is 0.622. The molecule has 2 amide bonds. The van der Waals surface area contributed by atoms with Crippen molar-refractivity contribution < 1.29 is 27.5 Å². The van der Waals surface area contributed by atoms with Gasteiger partial charge in [-0.3, -0.25) is 4.79 Å². The predicted octanol–water partition coefficient (Wildman–Crippen LogP) is 4.65. The van der Waals surface area contributed by atoms with Gasteiger partial charge in [0, 0.05) is 25.0 Å². The molecule has 2 aliphatic heterocycles. The van der Waals surface area contributed by atoms with Crippen molar-refractivity contribution in [2.45, 2.75) is 75.7 Å². The highest BCUT2D eigenvalue weighted by Gasteiger charge is 2.52. The zero-order valence-electron chi connectivity index (χ0n) is 16.8. The molecule has 3 aliphatic rings. The number of benzene rings is 1. The van der Waals surface area contributed by atoms with Gasteiger partial charge in [0.25, 0.3) is 0 Å². The lowest BCUT2D eigenvalue weighted by Gasteiger charge is -2.48. The molecule has 1 saturated carbocycles. The maximum absolute atomic E-state index is 12.6. The highest BCUT2D eigenvalue weighted by atomic mass is 19.4. The standard InChI is InChI=1S/C22H27F3N2O3/c23-22(24,25)16-7-5-15(6-8-16)14-26-20(29)30-18-9-11-21-10-2-12-27(21)19(28)4-1-3-17(21)13-18/h5-8,17-18H,1-4,9-14H2,(H,26,29)/t17-,18-,21+/m0/s1. The lowest BCUT2D eigenvalue weighted by atomic mass is 9.69. The molecule has 5 nitrogen and oxygen atoms in total. The van der Waals surface area contributed by atoms with E-state index >= 15 is 0 Å². The van der Waals surface area contributed by atoms with Gasteiger partial charge in [-0.05, 0) is 68.6 Å². The number of alkyl carbamates (subject to hydrolysis) is 1. The first-order valence-corrected chi connectivity index (χ1v) is 10.7. The van der Waals surface area contributed by atoms with E-state index in [-0.39, 0.29) is 24.1 Å². The minimum Gasteiger partial charge on any atom is -0.446 e. The molecule has 1 spiro atoms. The van der Waals surface area contributed by atoms with Crippen molar-refractivity contribution in [3.8, 4) is 0 Å². The quantitative estimate of drug-likeness (QED) is 0.769. The van der Waals surface area contributed by atoms with Gasteiger partial charge < -0.3 is 15.0 Å². The van der Waals surface area contributed by atoms with E-state index < -0.39 is 17.8 Å². The molecule has 30 heavy (non-hydrogen) atoms. The molecule has 0 unspecified atom stereocenters. The molecule has 164 valence electrons. The predicted molar refractivity (Wildman–Crippen MR) is 103 cm³/mol. The summed E-state index contributed by atoms with van der Waals surface area (Å²) in [6.07, 6.45) is 1.79. The molecule has 3 atom stereocenters. The van der Waals surface area contributed by atoms with Crippen LogP contribution in [0.15, 0.2) is 24.3 Å². The highest BCUT2D eigenvalue weighted by molar-refractivity contribution is 5.78. The van der Waals surface area contributed by atoms with Gasteiger partial charge in [0.15, 0.2) is 0 Å². The maximum Gasteiger partial charge on any atom is 0.416 e. The molecule has 2 heterocycles. The van der Waals surface area contributed by atoms with Crippen LogP contribution in [-0.2, 0) is 22.3 Å². The van der Waals surface area contributed by atoms with Gasteiger partial charge in [0.1, 0.15) is 6.10 Å². The molecular formula is C22H27F3N2O3. The van der Waals surface area contributed by atoms with Crippen LogP contribution in [0, 0.1) is 5.92 Å². The van der Waals surface area contributed by atoms with Gasteiger partial charge in [-0.25, -0.2) is 4.79 Å². The van der Waals surface area contributed by atoms with Crippen molar-refractivity contribution in [3.63, 3.8) is 0 Å². The molecule has 1 aromatic rings. The minimum absolute atomic E-state index is 0.0514. The summed E-state index contributed by atoms with van der Waals surface area (Å²) in [5, 5.41) is 2.63. The molecule has 0 radical (unpaired) electrons. The summed E-state index contributed by atoms with van der Waals surface area (Å²) in [7, 11) is 0. The Bertz CT molecular complexity index is 796. The molecular weight excluding hydrogens is 397 g/mol. The van der Waals surface area contributed by atoms with Gasteiger partial charge in [0.05, 0.1) is 5.56 Å². The topological polar surface area (TPSA) is 58.6 Å². The third-order valence-electron chi connectivity index (χ3n) is 6.97. The van der Waals surface area contributed by atoms with Crippen molar-refractivity contribution in [3.05, 3.63) is 35.4 Å². The summed E-state index contributed by atoms with van der Waals surface area (Å²) in [4.78, 5) is 26.8. The smallest absolute Gasteiger partial charge is 0.416 e. The van der Waals surface area contributed by atoms with Crippen LogP contribution in [0.25, 0.3) is 0 Å². The summed E-state index contributed by atoms with van der Waals surface area (Å²) in [6, 6.07) is 4.71. The van der Waals surface area contributed by atoms with E-state index in [0.717, 1.165) is 63.6 Å². The van der Waals surface area contributed by atoms with Gasteiger partial charge in [-0.15, -0.1) is 0 Å². The van der Waals surface area contributed by atoms with E-state index in [0.29, 0.717) is 17.9 Å². The lowest BCUT2D eigenvalue weighted by molar-refractivity contribution is -0.138. The average molecular weight is 424 g/mol. The number of hydrogen-bond donors (Lipinski definition) is 1. The van der Waals surface area contributed by atoms with Crippen LogP contribution in [0.5, 0.6) is 0 Å². The lowest BCUT2D eigenvalue weighted by Crippen LogP contribution is -2.54. The monoisotopic (exact) mass is 424 g/mol. The zero-order valence-corrected chi connectivity index (χ0v) is 16.8. The van der Waals surface area contributed by atoms with Gasteiger partial charge in [-0.1, -0.05) is 12.1 Å². The molecule has 3 fully saturated rings. The zero-order chi connectivity index (χ0) is 21.4. The largest absolute Gasteiger partial charge is 0.446 e. The Morgan fingerprint density at radius 2 is 1.93 bits per heavy atom. The maximum atomic E-state index is 12.6. The van der Waals surface area contributed by atoms with E-state index in [1.54, 1.807) is 0 Å². The summed E-state index contributed by atoms with van der Waals surface area (Å²) < 4.78 is 43.5. The SMILES string of the molecule is O=C(NCc1ccc(C(F)(F)F)cc1)O[C@H]1CC[C@@]23CCCN2C(=O)CCC[C@H]3C1. The fraction of sp³-hybridized carbons (Fsp3) is 0.636. The molecule has 1 aromatic carbocycles. The van der Waals surface area contributed by atoms with E-state index in [1.807, 2.05) is 0 Å². The Balaban J connectivity index is 1.30. The van der Waals surface area contributed by atoms with Crippen molar-refractivity contribution in [1.29, 1.82) is 0 Å². The summed E-state index contributed by atoms with van der Waals surface area (Å²) in [6.45, 7) is 0.952. The number of nitrogens with zero attached hydrogens (tertiary/aromatic N) is 1. The Hall–Kier alpha value is -2.25. The van der Waals surface area contributed by atoms with Crippen LogP contribution in [0.2, 0.25) is 0 Å². The number of carbonyl (C=O) groups is 2. The first-order chi connectivity index (χ1) is 14.3. The molecule has 2 saturated heterocycles. The summed E-state index contributed by atoms with van der Waals surface area (Å²) >= 11 is 0. The molecule has 4 rings (SSSR count). The van der Waals surface area contributed by atoms with Crippen LogP contribution in [-0.4, -0.2) is 35.1 Å². The van der Waals surface area contributed by atoms with E-state index in [9.17, 15) is 22.8 Å². The molecule has 1 N–H and O–H groups in total. The Kier molecular flexibility index (Phi) is 5.68. The number of halogens is 3. The van der Waals surface area contributed by atoms with E-state index in [4.69, 9.17) is 4.74 Å². The fourth-order valence-corrected chi connectivity index (χ4v) is 5.54. The van der Waals surface area contributed by atoms with Crippen molar-refractivity contribution >= 4 is 12.0 Å². The average Bonchev–Trinajstić information content (AvgIpc) is 3.07. The minimum atomic E-state index is -4.37. The number of carbonyl (C=O) groups excluding carboxylic acids is 2. The molecule has 0 aromatic heterocycles. The third kappa shape index (κ3) is 4.14. The number of nitrogens with one attached hydrogen (secondary N) is 1. The number of amides is 2. The highest BCUT2D eigenvalue weighted by Crippen LogP contribution is 2.49. The van der Waals surface area contributed by atoms with Crippen molar-refractivity contribution in [2.75, 3.05) is 6.54 Å². The Morgan fingerprint density at radius 3 is 2.67 bits per heavy atom. The fourth-order valence-electron chi connectivity index (χ4n) is 5.54. The second-order valence-electron chi connectivity index (χ2n) is 8.69. The van der Waals surface area contributed by atoms with Crippen LogP contribution >= 0.6 is 0 Å².